The van der Waals surface area contributed by atoms with Gasteiger partial charge in [-0.25, -0.2) is 0 Å². The predicted molar refractivity (Wildman–Crippen MR) is 104 cm³/mol. The van der Waals surface area contributed by atoms with E-state index in [2.05, 4.69) is 10.3 Å². The van der Waals surface area contributed by atoms with Crippen molar-refractivity contribution in [3.8, 4) is 11.5 Å². The fourth-order valence-corrected chi connectivity index (χ4v) is 2.66. The van der Waals surface area contributed by atoms with Crippen LogP contribution in [0.15, 0.2) is 47.5 Å². The summed E-state index contributed by atoms with van der Waals surface area (Å²) in [6.45, 7) is 2.22. The van der Waals surface area contributed by atoms with Crippen molar-refractivity contribution in [3.63, 3.8) is 0 Å². The third-order valence-corrected chi connectivity index (χ3v) is 4.30. The lowest BCUT2D eigenvalue weighted by atomic mass is 9.96. The van der Waals surface area contributed by atoms with E-state index in [1.54, 1.807) is 31.4 Å². The van der Waals surface area contributed by atoms with E-state index >= 15 is 0 Å². The molecule has 0 saturated heterocycles. The van der Waals surface area contributed by atoms with Crippen molar-refractivity contribution in [1.82, 2.24) is 0 Å². The van der Waals surface area contributed by atoms with Gasteiger partial charge >= 0.3 is 6.18 Å². The fraction of sp³-hybridized carbons (Fsp3) is 0.350. The van der Waals surface area contributed by atoms with E-state index in [0.29, 0.717) is 35.7 Å². The summed E-state index contributed by atoms with van der Waals surface area (Å²) in [6, 6.07) is 10.6. The molecule has 0 fully saturated rings. The van der Waals surface area contributed by atoms with Crippen LogP contribution in [0.4, 0.5) is 18.9 Å². The van der Waals surface area contributed by atoms with E-state index in [1.807, 2.05) is 6.92 Å². The number of alkyl halides is 3. The minimum Gasteiger partial charge on any atom is -0.497 e. The number of nitrogens with zero attached hydrogens (tertiary/aromatic N) is 1. The zero-order chi connectivity index (χ0) is 20.7. The van der Waals surface area contributed by atoms with Crippen LogP contribution in [0.3, 0.4) is 0 Å². The SMILES string of the molecule is COc1ccc(OC)c(NC(N)=NCCC(C)c2cccc(C(F)(F)F)c2)c1. The summed E-state index contributed by atoms with van der Waals surface area (Å²) in [6.07, 6.45) is -3.79. The fourth-order valence-electron chi connectivity index (χ4n) is 2.66. The number of rotatable bonds is 7. The minimum atomic E-state index is -4.35. The first-order valence-corrected chi connectivity index (χ1v) is 8.70. The molecule has 0 aliphatic rings. The first kappa shape index (κ1) is 21.4. The van der Waals surface area contributed by atoms with Crippen molar-refractivity contribution in [2.24, 2.45) is 10.7 Å². The summed E-state index contributed by atoms with van der Waals surface area (Å²) in [4.78, 5) is 4.25. The Labute approximate surface area is 162 Å². The zero-order valence-electron chi connectivity index (χ0n) is 16.0. The van der Waals surface area contributed by atoms with Crippen LogP contribution >= 0.6 is 0 Å². The first-order valence-electron chi connectivity index (χ1n) is 8.70. The number of aliphatic imine (C=N–C) groups is 1. The molecule has 0 radical (unpaired) electrons. The van der Waals surface area contributed by atoms with Gasteiger partial charge < -0.3 is 20.5 Å². The number of halogens is 3. The minimum absolute atomic E-state index is 0.0924. The summed E-state index contributed by atoms with van der Waals surface area (Å²) < 4.78 is 49.0. The molecule has 0 bridgehead atoms. The summed E-state index contributed by atoms with van der Waals surface area (Å²) in [5.41, 5.74) is 6.50. The van der Waals surface area contributed by atoms with Crippen LogP contribution in [0.25, 0.3) is 0 Å². The van der Waals surface area contributed by atoms with Gasteiger partial charge in [0.2, 0.25) is 0 Å². The lowest BCUT2D eigenvalue weighted by Gasteiger charge is -2.14. The molecule has 0 amide bonds. The molecule has 0 saturated carbocycles. The van der Waals surface area contributed by atoms with Gasteiger partial charge in [-0.15, -0.1) is 0 Å². The monoisotopic (exact) mass is 395 g/mol. The van der Waals surface area contributed by atoms with E-state index in [4.69, 9.17) is 15.2 Å². The van der Waals surface area contributed by atoms with Gasteiger partial charge in [-0.3, -0.25) is 4.99 Å². The quantitative estimate of drug-likeness (QED) is 0.529. The second-order valence-corrected chi connectivity index (χ2v) is 6.27. The van der Waals surface area contributed by atoms with Crippen molar-refractivity contribution in [2.45, 2.75) is 25.4 Å². The Morgan fingerprint density at radius 1 is 1.14 bits per heavy atom. The number of nitrogens with two attached hydrogens (primary N) is 1. The molecule has 2 rings (SSSR count). The normalized spacial score (nSPS) is 13.1. The van der Waals surface area contributed by atoms with Gasteiger partial charge in [0.15, 0.2) is 5.96 Å². The van der Waals surface area contributed by atoms with E-state index in [1.165, 1.54) is 19.2 Å². The lowest BCUT2D eigenvalue weighted by Crippen LogP contribution is -2.23. The molecule has 0 aliphatic heterocycles. The summed E-state index contributed by atoms with van der Waals surface area (Å²) in [7, 11) is 3.09. The Hall–Kier alpha value is -2.90. The highest BCUT2D eigenvalue weighted by Crippen LogP contribution is 2.32. The Morgan fingerprint density at radius 2 is 1.89 bits per heavy atom. The predicted octanol–water partition coefficient (Wildman–Crippen LogP) is 4.64. The first-order chi connectivity index (χ1) is 13.2. The Bertz CT molecular complexity index is 823. The van der Waals surface area contributed by atoms with Crippen LogP contribution in [0, 0.1) is 0 Å². The topological polar surface area (TPSA) is 68.9 Å². The molecule has 1 unspecified atom stereocenters. The third-order valence-electron chi connectivity index (χ3n) is 4.30. The largest absolute Gasteiger partial charge is 0.497 e. The van der Waals surface area contributed by atoms with Crippen LogP contribution in [-0.4, -0.2) is 26.7 Å². The molecule has 5 nitrogen and oxygen atoms in total. The highest BCUT2D eigenvalue weighted by Gasteiger charge is 2.30. The van der Waals surface area contributed by atoms with Gasteiger partial charge in [-0.2, -0.15) is 13.2 Å². The number of anilines is 1. The number of hydrogen-bond acceptors (Lipinski definition) is 3. The standard InChI is InChI=1S/C20H24F3N3O2/c1-13(14-5-4-6-15(11-14)20(21,22)23)9-10-25-19(24)26-17-12-16(27-2)7-8-18(17)28-3/h4-8,11-13H,9-10H2,1-3H3,(H3,24,25,26). The van der Waals surface area contributed by atoms with Crippen molar-refractivity contribution in [2.75, 3.05) is 26.1 Å². The van der Waals surface area contributed by atoms with Crippen molar-refractivity contribution in [3.05, 3.63) is 53.6 Å². The van der Waals surface area contributed by atoms with E-state index in [-0.39, 0.29) is 11.9 Å². The molecule has 152 valence electrons. The molecule has 8 heteroatoms. The summed E-state index contributed by atoms with van der Waals surface area (Å²) >= 11 is 0. The van der Waals surface area contributed by atoms with Gasteiger partial charge in [0.1, 0.15) is 11.5 Å². The Balaban J connectivity index is 1.99. The molecular formula is C20H24F3N3O2. The van der Waals surface area contributed by atoms with Gasteiger partial charge in [0.05, 0.1) is 25.5 Å². The van der Waals surface area contributed by atoms with Crippen LogP contribution < -0.4 is 20.5 Å². The maximum atomic E-state index is 12.8. The van der Waals surface area contributed by atoms with Crippen LogP contribution in [0.2, 0.25) is 0 Å². The summed E-state index contributed by atoms with van der Waals surface area (Å²) in [5, 5.41) is 2.95. The number of methoxy groups -OCH3 is 2. The second-order valence-electron chi connectivity index (χ2n) is 6.27. The highest BCUT2D eigenvalue weighted by atomic mass is 19.4. The van der Waals surface area contributed by atoms with E-state index in [0.717, 1.165) is 6.07 Å². The highest BCUT2D eigenvalue weighted by molar-refractivity contribution is 5.94. The Morgan fingerprint density at radius 3 is 2.54 bits per heavy atom. The van der Waals surface area contributed by atoms with Crippen molar-refractivity contribution < 1.29 is 22.6 Å². The molecule has 2 aromatic rings. The smallest absolute Gasteiger partial charge is 0.416 e. The summed E-state index contributed by atoms with van der Waals surface area (Å²) in [5.74, 6) is 1.30. The van der Waals surface area contributed by atoms with Gasteiger partial charge in [-0.1, -0.05) is 25.1 Å². The lowest BCUT2D eigenvalue weighted by molar-refractivity contribution is -0.137. The number of hydrogen-bond donors (Lipinski definition) is 2. The van der Waals surface area contributed by atoms with Crippen molar-refractivity contribution in [1.29, 1.82) is 0 Å². The van der Waals surface area contributed by atoms with Crippen molar-refractivity contribution >= 4 is 11.6 Å². The molecule has 0 spiro atoms. The molecule has 3 N–H and O–H groups in total. The Kier molecular flexibility index (Phi) is 7.14. The molecule has 0 heterocycles. The van der Waals surface area contributed by atoms with Crippen LogP contribution in [-0.2, 0) is 6.18 Å². The molecule has 28 heavy (non-hydrogen) atoms. The maximum absolute atomic E-state index is 12.8. The molecule has 0 aliphatic carbocycles. The van der Waals surface area contributed by atoms with Gasteiger partial charge in [0, 0.05) is 12.6 Å². The van der Waals surface area contributed by atoms with Gasteiger partial charge in [0.25, 0.3) is 0 Å². The second kappa shape index (κ2) is 9.34. The number of ether oxygens (including phenoxy) is 2. The third kappa shape index (κ3) is 5.80. The van der Waals surface area contributed by atoms with Gasteiger partial charge in [-0.05, 0) is 36.1 Å². The van der Waals surface area contributed by atoms with Crippen LogP contribution in [0.5, 0.6) is 11.5 Å². The number of guanidine groups is 1. The number of benzene rings is 2. The van der Waals surface area contributed by atoms with Crippen LogP contribution in [0.1, 0.15) is 30.4 Å². The maximum Gasteiger partial charge on any atom is 0.416 e. The average molecular weight is 395 g/mol. The molecule has 2 aromatic carbocycles. The van der Waals surface area contributed by atoms with E-state index in [9.17, 15) is 13.2 Å². The number of nitrogens with one attached hydrogen (secondary N) is 1. The molecular weight excluding hydrogens is 371 g/mol. The van der Waals surface area contributed by atoms with E-state index < -0.39 is 11.7 Å². The molecule has 0 aromatic heterocycles. The average Bonchev–Trinajstić information content (AvgIpc) is 2.67. The zero-order valence-corrected chi connectivity index (χ0v) is 16.0. The molecule has 1 atom stereocenters.